The van der Waals surface area contributed by atoms with Gasteiger partial charge in [0.1, 0.15) is 11.9 Å². The second-order valence-electron chi connectivity index (χ2n) is 6.04. The van der Waals surface area contributed by atoms with E-state index in [0.29, 0.717) is 5.56 Å². The molecule has 1 saturated heterocycles. The number of anilines is 3. The number of pyridine rings is 1. The van der Waals surface area contributed by atoms with Crippen LogP contribution in [0.15, 0.2) is 24.5 Å². The minimum atomic E-state index is 0.672. The predicted molar refractivity (Wildman–Crippen MR) is 94.5 cm³/mol. The largest absolute Gasteiger partial charge is 0.366 e. The Hall–Kier alpha value is -2.88. The first-order valence-electron chi connectivity index (χ1n) is 7.95. The summed E-state index contributed by atoms with van der Waals surface area (Å²) in [5.41, 5.74) is 2.55. The second-order valence-corrected chi connectivity index (χ2v) is 6.04. The molecule has 0 spiro atoms. The zero-order valence-corrected chi connectivity index (χ0v) is 14.3. The summed E-state index contributed by atoms with van der Waals surface area (Å²) in [6, 6.07) is 6.03. The van der Waals surface area contributed by atoms with E-state index in [0.717, 1.165) is 49.3 Å². The summed E-state index contributed by atoms with van der Waals surface area (Å²) in [6.07, 6.45) is 3.43. The highest BCUT2D eigenvalue weighted by molar-refractivity contribution is 5.59. The van der Waals surface area contributed by atoms with E-state index in [1.54, 1.807) is 18.5 Å². The maximum atomic E-state index is 9.26. The molecule has 1 aliphatic heterocycles. The van der Waals surface area contributed by atoms with Gasteiger partial charge in [0.2, 0.25) is 5.95 Å². The third-order valence-corrected chi connectivity index (χ3v) is 4.09. The van der Waals surface area contributed by atoms with Gasteiger partial charge in [0.05, 0.1) is 17.4 Å². The highest BCUT2D eigenvalue weighted by Gasteiger charge is 2.21. The van der Waals surface area contributed by atoms with E-state index in [-0.39, 0.29) is 0 Å². The molecule has 7 nitrogen and oxygen atoms in total. The van der Waals surface area contributed by atoms with Gasteiger partial charge in [-0.15, -0.1) is 0 Å². The predicted octanol–water partition coefficient (Wildman–Crippen LogP) is 1.44. The molecule has 3 heterocycles. The monoisotopic (exact) mass is 323 g/mol. The molecule has 0 atom stereocenters. The van der Waals surface area contributed by atoms with Crippen LogP contribution in [0.3, 0.4) is 0 Å². The van der Waals surface area contributed by atoms with Crippen LogP contribution in [0.2, 0.25) is 0 Å². The minimum Gasteiger partial charge on any atom is -0.366 e. The van der Waals surface area contributed by atoms with E-state index in [1.165, 1.54) is 0 Å². The Kier molecular flexibility index (Phi) is 4.47. The van der Waals surface area contributed by atoms with Crippen LogP contribution in [0.5, 0.6) is 0 Å². The van der Waals surface area contributed by atoms with Gasteiger partial charge >= 0.3 is 0 Å². The van der Waals surface area contributed by atoms with E-state index in [2.05, 4.69) is 30.8 Å². The fourth-order valence-corrected chi connectivity index (χ4v) is 2.81. The lowest BCUT2D eigenvalue weighted by atomic mass is 10.2. The molecule has 24 heavy (non-hydrogen) atoms. The fourth-order valence-electron chi connectivity index (χ4n) is 2.81. The van der Waals surface area contributed by atoms with Gasteiger partial charge in [-0.3, -0.25) is 4.98 Å². The third kappa shape index (κ3) is 3.23. The van der Waals surface area contributed by atoms with E-state index >= 15 is 0 Å². The lowest BCUT2D eigenvalue weighted by Crippen LogP contribution is -2.47. The fraction of sp³-hybridized carbons (Fsp3) is 0.412. The molecule has 0 N–H and O–H groups in total. The van der Waals surface area contributed by atoms with Gasteiger partial charge < -0.3 is 14.7 Å². The van der Waals surface area contributed by atoms with E-state index in [4.69, 9.17) is 0 Å². The van der Waals surface area contributed by atoms with Crippen LogP contribution >= 0.6 is 0 Å². The molecule has 0 unspecified atom stereocenters. The van der Waals surface area contributed by atoms with Crippen molar-refractivity contribution >= 4 is 17.5 Å². The van der Waals surface area contributed by atoms with Crippen LogP contribution in [0.25, 0.3) is 0 Å². The average Bonchev–Trinajstić information content (AvgIpc) is 2.61. The van der Waals surface area contributed by atoms with Crippen LogP contribution in [-0.2, 0) is 0 Å². The Morgan fingerprint density at radius 1 is 1.12 bits per heavy atom. The van der Waals surface area contributed by atoms with Crippen molar-refractivity contribution in [2.45, 2.75) is 6.92 Å². The smallest absolute Gasteiger partial charge is 0.226 e. The van der Waals surface area contributed by atoms with Gasteiger partial charge in [-0.2, -0.15) is 10.2 Å². The summed E-state index contributed by atoms with van der Waals surface area (Å²) < 4.78 is 0. The van der Waals surface area contributed by atoms with E-state index in [1.807, 2.05) is 32.0 Å². The van der Waals surface area contributed by atoms with Crippen LogP contribution in [-0.4, -0.2) is 55.2 Å². The molecule has 3 rings (SSSR count). The van der Waals surface area contributed by atoms with Crippen molar-refractivity contribution in [3.05, 3.63) is 35.8 Å². The Labute approximate surface area is 142 Å². The van der Waals surface area contributed by atoms with E-state index in [9.17, 15) is 5.26 Å². The number of aryl methyl sites for hydroxylation is 1. The van der Waals surface area contributed by atoms with Gasteiger partial charge in [-0.1, -0.05) is 0 Å². The van der Waals surface area contributed by atoms with Gasteiger partial charge in [0.15, 0.2) is 0 Å². The first-order chi connectivity index (χ1) is 11.6. The molecule has 0 aromatic carbocycles. The van der Waals surface area contributed by atoms with Crippen LogP contribution in [0, 0.1) is 18.3 Å². The van der Waals surface area contributed by atoms with Crippen molar-refractivity contribution in [3.8, 4) is 6.07 Å². The highest BCUT2D eigenvalue weighted by atomic mass is 15.3. The number of piperazine rings is 1. The summed E-state index contributed by atoms with van der Waals surface area (Å²) in [6.45, 7) is 5.36. The summed E-state index contributed by atoms with van der Waals surface area (Å²) in [5.74, 6) is 1.68. The number of nitrogens with zero attached hydrogens (tertiary/aromatic N) is 7. The summed E-state index contributed by atoms with van der Waals surface area (Å²) in [5, 5.41) is 9.26. The average molecular weight is 323 g/mol. The number of rotatable bonds is 3. The Balaban J connectivity index is 1.75. The summed E-state index contributed by atoms with van der Waals surface area (Å²) in [7, 11) is 3.89. The van der Waals surface area contributed by atoms with Crippen LogP contribution in [0.4, 0.5) is 17.5 Å². The second kappa shape index (κ2) is 6.71. The van der Waals surface area contributed by atoms with Crippen molar-refractivity contribution in [1.29, 1.82) is 5.26 Å². The number of hydrogen-bond acceptors (Lipinski definition) is 7. The maximum Gasteiger partial charge on any atom is 0.226 e. The van der Waals surface area contributed by atoms with Crippen LogP contribution < -0.4 is 14.7 Å². The van der Waals surface area contributed by atoms with Crippen molar-refractivity contribution in [2.24, 2.45) is 0 Å². The molecular weight excluding hydrogens is 302 g/mol. The van der Waals surface area contributed by atoms with Crippen molar-refractivity contribution in [3.63, 3.8) is 0 Å². The van der Waals surface area contributed by atoms with Gasteiger partial charge in [0.25, 0.3) is 0 Å². The number of aromatic nitrogens is 3. The zero-order valence-electron chi connectivity index (χ0n) is 14.3. The van der Waals surface area contributed by atoms with Crippen molar-refractivity contribution < 1.29 is 0 Å². The quantitative estimate of drug-likeness (QED) is 0.846. The molecule has 1 fully saturated rings. The minimum absolute atomic E-state index is 0.672. The normalized spacial score (nSPS) is 14.4. The molecule has 0 amide bonds. The number of hydrogen-bond donors (Lipinski definition) is 0. The van der Waals surface area contributed by atoms with Gasteiger partial charge in [0, 0.05) is 58.2 Å². The third-order valence-electron chi connectivity index (χ3n) is 4.09. The molecule has 7 heteroatoms. The highest BCUT2D eigenvalue weighted by Crippen LogP contribution is 2.23. The lowest BCUT2D eigenvalue weighted by Gasteiger charge is -2.37. The van der Waals surface area contributed by atoms with E-state index < -0.39 is 0 Å². The van der Waals surface area contributed by atoms with Crippen molar-refractivity contribution in [1.82, 2.24) is 15.0 Å². The topological polar surface area (TPSA) is 72.2 Å². The molecular formula is C17H21N7. The molecule has 1 aliphatic rings. The Morgan fingerprint density at radius 3 is 2.50 bits per heavy atom. The molecule has 0 radical (unpaired) electrons. The molecule has 0 aliphatic carbocycles. The first kappa shape index (κ1) is 16.0. The first-order valence-corrected chi connectivity index (χ1v) is 7.95. The summed E-state index contributed by atoms with van der Waals surface area (Å²) >= 11 is 0. The Bertz CT molecular complexity index is 758. The number of nitriles is 1. The van der Waals surface area contributed by atoms with Crippen LogP contribution in [0.1, 0.15) is 11.3 Å². The standard InChI is InChI=1S/C17H21N7/c1-13-10-16(21-17(20-13)22(2)3)24-8-6-23(7-9-24)15-12-19-5-4-14(15)11-18/h4-5,10,12H,6-9H2,1-3H3. The summed E-state index contributed by atoms with van der Waals surface area (Å²) in [4.78, 5) is 19.6. The molecule has 0 bridgehead atoms. The molecule has 124 valence electrons. The Morgan fingerprint density at radius 2 is 1.83 bits per heavy atom. The van der Waals surface area contributed by atoms with Gasteiger partial charge in [-0.25, -0.2) is 4.98 Å². The van der Waals surface area contributed by atoms with Crippen molar-refractivity contribution in [2.75, 3.05) is 55.0 Å². The maximum absolute atomic E-state index is 9.26. The SMILES string of the molecule is Cc1cc(N2CCN(c3cnccc3C#N)CC2)nc(N(C)C)n1. The lowest BCUT2D eigenvalue weighted by molar-refractivity contribution is 0.645. The zero-order chi connectivity index (χ0) is 17.1. The van der Waals surface area contributed by atoms with Gasteiger partial charge in [-0.05, 0) is 13.0 Å². The molecule has 0 saturated carbocycles. The molecule has 2 aromatic heterocycles. The molecule has 2 aromatic rings.